The van der Waals surface area contributed by atoms with Crippen LogP contribution in [0.15, 0.2) is 0 Å². The quantitative estimate of drug-likeness (QED) is 0.548. The zero-order valence-electron chi connectivity index (χ0n) is 11.6. The first-order valence-corrected chi connectivity index (χ1v) is 9.79. The van der Waals surface area contributed by atoms with Crippen LogP contribution >= 0.6 is 46.0 Å². The number of rotatable bonds is 2. The van der Waals surface area contributed by atoms with Gasteiger partial charge in [0.2, 0.25) is 0 Å². The highest BCUT2D eigenvalue weighted by molar-refractivity contribution is 8.89. The van der Waals surface area contributed by atoms with Gasteiger partial charge >= 0.3 is 11.9 Å². The Morgan fingerprint density at radius 3 is 1.55 bits per heavy atom. The topological polar surface area (TPSA) is 81.1 Å². The minimum Gasteiger partial charge on any atom is -0.480 e. The van der Waals surface area contributed by atoms with Gasteiger partial charge in [0, 0.05) is 13.1 Å². The number of carboxylic acid groups (broad SMARTS) is 2. The van der Waals surface area contributed by atoms with E-state index in [9.17, 15) is 9.59 Å². The second-order valence-electron chi connectivity index (χ2n) is 5.08. The summed E-state index contributed by atoms with van der Waals surface area (Å²) in [6.07, 6.45) is 2.80. The van der Waals surface area contributed by atoms with Crippen LogP contribution in [0.1, 0.15) is 25.7 Å². The fraction of sp³-hybridized carbons (Fsp3) is 0.667. The first-order chi connectivity index (χ1) is 10.4. The summed E-state index contributed by atoms with van der Waals surface area (Å²) in [4.78, 5) is 25.7. The smallest absolute Gasteiger partial charge is 0.326 e. The molecule has 2 fully saturated rings. The number of thiocarbonyl (C=S) groups is 2. The van der Waals surface area contributed by atoms with Crippen molar-refractivity contribution >= 4 is 66.6 Å². The van der Waals surface area contributed by atoms with Crippen molar-refractivity contribution in [1.29, 1.82) is 0 Å². The molecule has 0 aromatic heterocycles. The predicted molar refractivity (Wildman–Crippen MR) is 95.1 cm³/mol. The van der Waals surface area contributed by atoms with E-state index in [-0.39, 0.29) is 0 Å². The lowest BCUT2D eigenvalue weighted by atomic mass is 10.2. The highest BCUT2D eigenvalue weighted by Crippen LogP contribution is 2.34. The van der Waals surface area contributed by atoms with E-state index in [4.69, 9.17) is 34.6 Å². The number of carbonyl (C=O) groups is 2. The van der Waals surface area contributed by atoms with E-state index >= 15 is 0 Å². The molecule has 2 saturated heterocycles. The maximum absolute atomic E-state index is 11.2. The normalized spacial score (nSPS) is 24.5. The third-order valence-electron chi connectivity index (χ3n) is 3.73. The van der Waals surface area contributed by atoms with Gasteiger partial charge in [0.25, 0.3) is 0 Å². The minimum atomic E-state index is -0.862. The molecule has 0 aliphatic carbocycles. The fourth-order valence-corrected chi connectivity index (χ4v) is 5.47. The second kappa shape index (κ2) is 7.80. The molecular weight excluding hydrogens is 364 g/mol. The highest BCUT2D eigenvalue weighted by Gasteiger charge is 2.34. The summed E-state index contributed by atoms with van der Waals surface area (Å²) >= 11 is 10.6. The van der Waals surface area contributed by atoms with Crippen molar-refractivity contribution in [2.75, 3.05) is 13.1 Å². The van der Waals surface area contributed by atoms with Gasteiger partial charge < -0.3 is 20.0 Å². The van der Waals surface area contributed by atoms with Crippen LogP contribution in [0.4, 0.5) is 0 Å². The molecule has 2 aliphatic heterocycles. The van der Waals surface area contributed by atoms with Crippen LogP contribution in [0.5, 0.6) is 0 Å². The van der Waals surface area contributed by atoms with Crippen molar-refractivity contribution in [1.82, 2.24) is 9.80 Å². The lowest BCUT2D eigenvalue weighted by molar-refractivity contribution is -0.141. The molecule has 0 aromatic carbocycles. The molecule has 10 heteroatoms. The highest BCUT2D eigenvalue weighted by atomic mass is 33.1. The monoisotopic (exact) mass is 380 g/mol. The van der Waals surface area contributed by atoms with Crippen molar-refractivity contribution in [2.45, 2.75) is 37.8 Å². The number of aliphatic carboxylic acids is 2. The van der Waals surface area contributed by atoms with E-state index in [1.54, 1.807) is 9.80 Å². The Labute approximate surface area is 147 Å². The van der Waals surface area contributed by atoms with Crippen molar-refractivity contribution in [3.05, 3.63) is 0 Å². The maximum atomic E-state index is 11.2. The number of hydrogen-bond donors (Lipinski definition) is 2. The maximum Gasteiger partial charge on any atom is 0.326 e. The molecule has 2 aliphatic rings. The molecule has 2 N–H and O–H groups in total. The Morgan fingerprint density at radius 2 is 1.23 bits per heavy atom. The molecular formula is C12H16N2O4S4. The summed E-state index contributed by atoms with van der Waals surface area (Å²) in [5.41, 5.74) is 0. The Bertz CT molecular complexity index is 458. The van der Waals surface area contributed by atoms with Gasteiger partial charge in [-0.05, 0) is 47.3 Å². The van der Waals surface area contributed by atoms with Crippen LogP contribution in [0.25, 0.3) is 0 Å². The average molecular weight is 381 g/mol. The van der Waals surface area contributed by atoms with Gasteiger partial charge in [-0.15, -0.1) is 0 Å². The standard InChI is InChI=1S/C12H16N2O4S4/c15-9(16)7-3-1-5-13(7)11(19)21-22-12(20)14-6-2-4-8(14)10(17)18/h7-8H,1-6H2,(H,15,16)(H,17,18)/t7-,8?/m0/s1. The molecule has 0 saturated carbocycles. The third kappa shape index (κ3) is 4.03. The van der Waals surface area contributed by atoms with Crippen molar-refractivity contribution in [2.24, 2.45) is 0 Å². The number of nitrogens with zero attached hydrogens (tertiary/aromatic N) is 2. The van der Waals surface area contributed by atoms with E-state index in [2.05, 4.69) is 0 Å². The molecule has 0 aromatic rings. The molecule has 0 spiro atoms. The van der Waals surface area contributed by atoms with Crippen LogP contribution in [0, 0.1) is 0 Å². The van der Waals surface area contributed by atoms with Gasteiger partial charge in [0.1, 0.15) is 20.7 Å². The Hall–Kier alpha value is -0.580. The average Bonchev–Trinajstić information content (AvgIpc) is 3.12. The molecule has 0 bridgehead atoms. The number of carboxylic acids is 2. The van der Waals surface area contributed by atoms with Crippen LogP contribution in [-0.2, 0) is 9.59 Å². The van der Waals surface area contributed by atoms with Gasteiger partial charge in [-0.3, -0.25) is 0 Å². The van der Waals surface area contributed by atoms with Gasteiger partial charge in [-0.1, -0.05) is 24.4 Å². The molecule has 6 nitrogen and oxygen atoms in total. The zero-order chi connectivity index (χ0) is 16.3. The molecule has 122 valence electrons. The van der Waals surface area contributed by atoms with E-state index in [0.717, 1.165) is 12.8 Å². The van der Waals surface area contributed by atoms with Crippen molar-refractivity contribution in [3.8, 4) is 0 Å². The SMILES string of the molecule is O=C(O)C1CCCN1C(=S)SSC(=S)N1CCC[C@H]1C(=O)O. The lowest BCUT2D eigenvalue weighted by Crippen LogP contribution is -2.39. The van der Waals surface area contributed by atoms with Gasteiger partial charge in [0.15, 0.2) is 0 Å². The van der Waals surface area contributed by atoms with Crippen LogP contribution in [0.3, 0.4) is 0 Å². The second-order valence-corrected chi connectivity index (χ2v) is 8.47. The van der Waals surface area contributed by atoms with Crippen LogP contribution in [-0.4, -0.2) is 65.8 Å². The summed E-state index contributed by atoms with van der Waals surface area (Å²) in [6, 6.07) is -1.12. The van der Waals surface area contributed by atoms with Crippen LogP contribution < -0.4 is 0 Å². The van der Waals surface area contributed by atoms with E-state index in [1.165, 1.54) is 21.6 Å². The lowest BCUT2D eigenvalue weighted by Gasteiger charge is -2.25. The Morgan fingerprint density at radius 1 is 0.864 bits per heavy atom. The summed E-state index contributed by atoms with van der Waals surface area (Å²) in [7, 11) is 2.48. The first-order valence-electron chi connectivity index (χ1n) is 6.83. The summed E-state index contributed by atoms with van der Waals surface area (Å²) in [6.45, 7) is 1.27. The summed E-state index contributed by atoms with van der Waals surface area (Å²) < 4.78 is 0.978. The van der Waals surface area contributed by atoms with Crippen LogP contribution in [0.2, 0.25) is 0 Å². The predicted octanol–water partition coefficient (Wildman–Crippen LogP) is 2.04. The summed E-state index contributed by atoms with van der Waals surface area (Å²) in [5, 5.41) is 18.3. The Kier molecular flexibility index (Phi) is 6.30. The summed E-state index contributed by atoms with van der Waals surface area (Å²) in [5.74, 6) is -1.72. The number of hydrogen-bond acceptors (Lipinski definition) is 6. The largest absolute Gasteiger partial charge is 0.480 e. The first kappa shape index (κ1) is 17.8. The molecule has 2 heterocycles. The zero-order valence-corrected chi connectivity index (χ0v) is 14.9. The molecule has 0 amide bonds. The molecule has 2 rings (SSSR count). The molecule has 1 unspecified atom stereocenters. The van der Waals surface area contributed by atoms with Gasteiger partial charge in [0.05, 0.1) is 0 Å². The van der Waals surface area contributed by atoms with Crippen molar-refractivity contribution in [3.63, 3.8) is 0 Å². The Balaban J connectivity index is 1.87. The molecule has 2 atom stereocenters. The van der Waals surface area contributed by atoms with Crippen molar-refractivity contribution < 1.29 is 19.8 Å². The molecule has 22 heavy (non-hydrogen) atoms. The van der Waals surface area contributed by atoms with E-state index < -0.39 is 24.0 Å². The third-order valence-corrected chi connectivity index (χ3v) is 7.37. The fourth-order valence-electron chi connectivity index (χ4n) is 2.65. The minimum absolute atomic E-state index is 0.489. The van der Waals surface area contributed by atoms with E-state index in [0.29, 0.717) is 34.6 Å². The van der Waals surface area contributed by atoms with Gasteiger partial charge in [-0.2, -0.15) is 0 Å². The number of likely N-dealkylation sites (tertiary alicyclic amines) is 2. The van der Waals surface area contributed by atoms with Gasteiger partial charge in [-0.25, -0.2) is 9.59 Å². The molecule has 0 radical (unpaired) electrons. The van der Waals surface area contributed by atoms with E-state index in [1.807, 2.05) is 0 Å².